The second-order valence-corrected chi connectivity index (χ2v) is 13.9. The molecule has 3 saturated carbocycles. The molecule has 11 atom stereocenters. The van der Waals surface area contributed by atoms with E-state index in [9.17, 15) is 28.5 Å². The molecule has 0 aromatic heterocycles. The summed E-state index contributed by atoms with van der Waals surface area (Å²) in [6.07, 6.45) is -7.21. The molecule has 3 N–H and O–H groups in total. The van der Waals surface area contributed by atoms with E-state index in [-0.39, 0.29) is 23.5 Å². The summed E-state index contributed by atoms with van der Waals surface area (Å²) < 4.78 is 61.4. The van der Waals surface area contributed by atoms with Gasteiger partial charge in [-0.05, 0) is 37.6 Å². The van der Waals surface area contributed by atoms with Crippen LogP contribution in [0.15, 0.2) is 65.6 Å². The van der Waals surface area contributed by atoms with E-state index in [0.717, 1.165) is 0 Å². The van der Waals surface area contributed by atoms with Crippen LogP contribution < -0.4 is 0 Å². The Morgan fingerprint density at radius 2 is 1.63 bits per heavy atom. The topological polar surface area (TPSA) is 167 Å². The first-order valence-corrected chi connectivity index (χ1v) is 15.8. The van der Waals surface area contributed by atoms with E-state index >= 15 is 0 Å². The highest BCUT2D eigenvalue weighted by Gasteiger charge is 2.85. The van der Waals surface area contributed by atoms with Crippen LogP contribution in [-0.2, 0) is 38.0 Å². The molecular weight excluding hydrogens is 584 g/mol. The van der Waals surface area contributed by atoms with E-state index in [1.54, 1.807) is 48.5 Å². The summed E-state index contributed by atoms with van der Waals surface area (Å²) in [5.41, 5.74) is -2.33. The predicted molar refractivity (Wildman–Crippen MR) is 145 cm³/mol. The smallest absolute Gasteiger partial charge is 0.338 e. The standard InChI is InChI=1S/C30H34O12S/c1-28-13-20-19-12-30(28,29(19,14-22(39-20)41-28)16-37-26(34)17-8-4-2-5-9-17)42-27-25(33)24(32)23(31)21(40-27)15-38-43(35,36)18-10-6-3-7-11-18/h2-11,19-25,27,31-33H,12-16H2,1H3/t19-,20-,21?,22-,23?,24?,25?,27?,28+,29?,30?/m1/s1. The molecular formula is C30H34O12S. The Labute approximate surface area is 248 Å². The molecule has 7 fully saturated rings. The van der Waals surface area contributed by atoms with Gasteiger partial charge >= 0.3 is 5.97 Å². The molecule has 0 spiro atoms. The number of aliphatic hydroxyl groups excluding tert-OH is 3. The number of hydrogen-bond donors (Lipinski definition) is 3. The molecule has 12 nitrogen and oxygen atoms in total. The predicted octanol–water partition coefficient (Wildman–Crippen LogP) is 1.13. The van der Waals surface area contributed by atoms with Crippen molar-refractivity contribution in [2.45, 2.75) is 85.4 Å². The number of aliphatic hydroxyl groups is 3. The summed E-state index contributed by atoms with van der Waals surface area (Å²) in [6, 6.07) is 16.1. The average Bonchev–Trinajstić information content (AvgIpc) is 2.99. The minimum absolute atomic E-state index is 0.0105. The number of hydrogen-bond acceptors (Lipinski definition) is 12. The van der Waals surface area contributed by atoms with Crippen LogP contribution in [-0.4, -0.2) is 97.2 Å². The van der Waals surface area contributed by atoms with Gasteiger partial charge < -0.3 is 39.0 Å². The summed E-state index contributed by atoms with van der Waals surface area (Å²) in [5.74, 6) is -0.502. The van der Waals surface area contributed by atoms with Gasteiger partial charge in [0, 0.05) is 24.2 Å². The van der Waals surface area contributed by atoms with Crippen LogP contribution in [0.1, 0.15) is 36.5 Å². The molecule has 6 bridgehead atoms. The Hall–Kier alpha value is -2.46. The van der Waals surface area contributed by atoms with Gasteiger partial charge in [-0.15, -0.1) is 0 Å². The number of ether oxygens (including phenoxy) is 5. The molecule has 4 heterocycles. The fourth-order valence-corrected chi connectivity index (χ4v) is 8.83. The van der Waals surface area contributed by atoms with Gasteiger partial charge in [-0.1, -0.05) is 36.4 Å². The fraction of sp³-hybridized carbons (Fsp3) is 0.567. The number of benzene rings is 2. The number of carbonyl (C=O) groups excluding carboxylic acids is 1. The van der Waals surface area contributed by atoms with E-state index in [1.807, 2.05) is 6.92 Å². The van der Waals surface area contributed by atoms with Gasteiger partial charge in [-0.2, -0.15) is 8.42 Å². The van der Waals surface area contributed by atoms with Crippen LogP contribution in [0, 0.1) is 11.3 Å². The summed E-state index contributed by atoms with van der Waals surface area (Å²) in [6.45, 7) is 1.27. The van der Waals surface area contributed by atoms with Gasteiger partial charge in [-0.3, -0.25) is 4.18 Å². The van der Waals surface area contributed by atoms with E-state index in [1.165, 1.54) is 12.1 Å². The summed E-state index contributed by atoms with van der Waals surface area (Å²) in [4.78, 5) is 12.9. The minimum Gasteiger partial charge on any atom is -0.461 e. The Kier molecular flexibility index (Phi) is 7.00. The SMILES string of the molecule is C[C@]12C[C@H]3O[C@@H](CC4(COC(=O)c5ccccc5)[C@@H]3CC41OC1OC(COS(=O)(=O)c3ccccc3)C(O)C(O)C1O)O2. The molecule has 0 radical (unpaired) electrons. The molecule has 232 valence electrons. The van der Waals surface area contributed by atoms with Crippen molar-refractivity contribution in [2.75, 3.05) is 13.2 Å². The van der Waals surface area contributed by atoms with Crippen molar-refractivity contribution in [2.24, 2.45) is 11.3 Å². The van der Waals surface area contributed by atoms with Crippen LogP contribution in [0.5, 0.6) is 0 Å². The first-order valence-electron chi connectivity index (χ1n) is 14.4. The third kappa shape index (κ3) is 4.40. The number of esters is 1. The van der Waals surface area contributed by atoms with E-state index in [0.29, 0.717) is 24.8 Å². The second kappa shape index (κ2) is 10.3. The molecule has 4 aliphatic heterocycles. The second-order valence-electron chi connectivity index (χ2n) is 12.3. The lowest BCUT2D eigenvalue weighted by molar-refractivity contribution is -0.512. The van der Waals surface area contributed by atoms with Gasteiger partial charge in [0.15, 0.2) is 12.6 Å². The first-order chi connectivity index (χ1) is 20.5. The minimum atomic E-state index is -4.19. The van der Waals surface area contributed by atoms with Gasteiger partial charge in [0.2, 0.25) is 0 Å². The highest BCUT2D eigenvalue weighted by molar-refractivity contribution is 7.86. The zero-order chi connectivity index (χ0) is 30.2. The number of rotatable bonds is 9. The van der Waals surface area contributed by atoms with E-state index in [4.69, 9.17) is 27.9 Å². The third-order valence-electron chi connectivity index (χ3n) is 10.0. The molecule has 3 aliphatic carbocycles. The Morgan fingerprint density at radius 3 is 2.35 bits per heavy atom. The Morgan fingerprint density at radius 1 is 0.930 bits per heavy atom. The lowest BCUT2D eigenvalue weighted by Crippen LogP contribution is -2.89. The van der Waals surface area contributed by atoms with Gasteiger partial charge in [0.05, 0.1) is 23.2 Å². The van der Waals surface area contributed by atoms with Gasteiger partial charge in [0.1, 0.15) is 42.2 Å². The number of carbonyl (C=O) groups is 1. The fourth-order valence-electron chi connectivity index (χ4n) is 7.89. The van der Waals surface area contributed by atoms with Gasteiger partial charge in [0.25, 0.3) is 10.1 Å². The zero-order valence-electron chi connectivity index (χ0n) is 23.4. The molecule has 2 aromatic rings. The Bertz CT molecular complexity index is 1470. The van der Waals surface area contributed by atoms with Crippen LogP contribution in [0.2, 0.25) is 0 Å². The largest absolute Gasteiger partial charge is 0.461 e. The quantitative estimate of drug-likeness (QED) is 0.271. The van der Waals surface area contributed by atoms with Crippen LogP contribution in [0.3, 0.4) is 0 Å². The zero-order valence-corrected chi connectivity index (χ0v) is 24.2. The molecule has 7 aliphatic rings. The van der Waals surface area contributed by atoms with Crippen LogP contribution in [0.25, 0.3) is 0 Å². The van der Waals surface area contributed by atoms with Crippen molar-refractivity contribution in [1.29, 1.82) is 0 Å². The van der Waals surface area contributed by atoms with E-state index < -0.39 is 76.3 Å². The van der Waals surface area contributed by atoms with Crippen molar-refractivity contribution in [1.82, 2.24) is 0 Å². The molecule has 0 amide bonds. The van der Waals surface area contributed by atoms with Crippen molar-refractivity contribution in [3.8, 4) is 0 Å². The molecule has 4 saturated heterocycles. The highest BCUT2D eigenvalue weighted by Crippen LogP contribution is 2.76. The first kappa shape index (κ1) is 29.3. The molecule has 13 heteroatoms. The highest BCUT2D eigenvalue weighted by atomic mass is 32.2. The molecule has 9 rings (SSSR count). The lowest BCUT2D eigenvalue weighted by atomic mass is 9.36. The summed E-state index contributed by atoms with van der Waals surface area (Å²) in [5, 5.41) is 32.4. The van der Waals surface area contributed by atoms with E-state index in [2.05, 4.69) is 0 Å². The molecule has 2 aromatic carbocycles. The van der Waals surface area contributed by atoms with Crippen molar-refractivity contribution in [3.05, 3.63) is 66.2 Å². The summed E-state index contributed by atoms with van der Waals surface area (Å²) >= 11 is 0. The average molecular weight is 619 g/mol. The summed E-state index contributed by atoms with van der Waals surface area (Å²) in [7, 11) is -4.19. The van der Waals surface area contributed by atoms with Crippen molar-refractivity contribution >= 4 is 16.1 Å². The molecule has 43 heavy (non-hydrogen) atoms. The Balaban J connectivity index is 1.13. The van der Waals surface area contributed by atoms with Crippen LogP contribution in [0.4, 0.5) is 0 Å². The maximum absolute atomic E-state index is 12.9. The van der Waals surface area contributed by atoms with Crippen molar-refractivity contribution in [3.63, 3.8) is 0 Å². The van der Waals surface area contributed by atoms with Crippen molar-refractivity contribution < 1.29 is 56.4 Å². The monoisotopic (exact) mass is 618 g/mol. The van der Waals surface area contributed by atoms with Crippen LogP contribution >= 0.6 is 0 Å². The maximum atomic E-state index is 12.9. The molecule has 7 unspecified atom stereocenters. The maximum Gasteiger partial charge on any atom is 0.338 e. The normalized spacial score (nSPS) is 42.8. The lowest BCUT2D eigenvalue weighted by Gasteiger charge is -2.80. The van der Waals surface area contributed by atoms with Gasteiger partial charge in [-0.25, -0.2) is 4.79 Å². The third-order valence-corrected chi connectivity index (χ3v) is 11.3.